The van der Waals surface area contributed by atoms with Gasteiger partial charge in [0.2, 0.25) is 11.8 Å². The first-order valence-electron chi connectivity index (χ1n) is 6.66. The van der Waals surface area contributed by atoms with Gasteiger partial charge >= 0.3 is 0 Å². The summed E-state index contributed by atoms with van der Waals surface area (Å²) in [5, 5.41) is 2.91. The van der Waals surface area contributed by atoms with E-state index in [1.54, 1.807) is 4.90 Å². The van der Waals surface area contributed by atoms with Crippen LogP contribution in [0.4, 0.5) is 0 Å². The lowest BCUT2D eigenvalue weighted by Crippen LogP contribution is -2.47. The van der Waals surface area contributed by atoms with E-state index in [1.807, 2.05) is 38.1 Å². The quantitative estimate of drug-likeness (QED) is 0.879. The van der Waals surface area contributed by atoms with E-state index in [0.717, 1.165) is 17.5 Å². The lowest BCUT2D eigenvalue weighted by atomic mass is 9.92. The summed E-state index contributed by atoms with van der Waals surface area (Å²) in [6, 6.07) is 7.43. The summed E-state index contributed by atoms with van der Waals surface area (Å²) < 4.78 is 0. The molecule has 0 spiro atoms. The van der Waals surface area contributed by atoms with Crippen molar-refractivity contribution in [1.82, 2.24) is 10.2 Å². The van der Waals surface area contributed by atoms with E-state index in [0.29, 0.717) is 6.54 Å². The molecule has 4 nitrogen and oxygen atoms in total. The molecule has 1 aliphatic rings. The Morgan fingerprint density at radius 2 is 2.00 bits per heavy atom. The SMILES string of the molecule is CC(=O)N1CCc2ccccc2C1C(=O)NC(C)C. The Labute approximate surface area is 113 Å². The first-order chi connectivity index (χ1) is 9.00. The first-order valence-corrected chi connectivity index (χ1v) is 6.66. The molecular weight excluding hydrogens is 240 g/mol. The van der Waals surface area contributed by atoms with Gasteiger partial charge in [0, 0.05) is 19.5 Å². The summed E-state index contributed by atoms with van der Waals surface area (Å²) in [5.74, 6) is -0.157. The highest BCUT2D eigenvalue weighted by atomic mass is 16.2. The highest BCUT2D eigenvalue weighted by Crippen LogP contribution is 2.29. The number of nitrogens with one attached hydrogen (secondary N) is 1. The molecule has 1 heterocycles. The number of nitrogens with zero attached hydrogens (tertiary/aromatic N) is 1. The highest BCUT2D eigenvalue weighted by Gasteiger charge is 2.34. The summed E-state index contributed by atoms with van der Waals surface area (Å²) in [6.07, 6.45) is 0.807. The number of hydrogen-bond donors (Lipinski definition) is 1. The lowest BCUT2D eigenvalue weighted by Gasteiger charge is -2.36. The van der Waals surface area contributed by atoms with Crippen LogP contribution in [0.25, 0.3) is 0 Å². The molecule has 1 atom stereocenters. The van der Waals surface area contributed by atoms with Crippen LogP contribution in [0.15, 0.2) is 24.3 Å². The number of amides is 2. The fraction of sp³-hybridized carbons (Fsp3) is 0.467. The fourth-order valence-corrected chi connectivity index (χ4v) is 2.55. The Bertz CT molecular complexity index is 497. The Hall–Kier alpha value is -1.84. The van der Waals surface area contributed by atoms with Crippen molar-refractivity contribution in [2.45, 2.75) is 39.3 Å². The Morgan fingerprint density at radius 1 is 1.32 bits per heavy atom. The van der Waals surface area contributed by atoms with Crippen LogP contribution in [-0.2, 0) is 16.0 Å². The van der Waals surface area contributed by atoms with Crippen LogP contribution < -0.4 is 5.32 Å². The topological polar surface area (TPSA) is 49.4 Å². The number of fused-ring (bicyclic) bond motifs is 1. The average molecular weight is 260 g/mol. The number of carbonyl (C=O) groups is 2. The minimum Gasteiger partial charge on any atom is -0.352 e. The predicted molar refractivity (Wildman–Crippen MR) is 73.6 cm³/mol. The van der Waals surface area contributed by atoms with Gasteiger partial charge in [0.15, 0.2) is 0 Å². The third-order valence-electron chi connectivity index (χ3n) is 3.37. The molecule has 0 saturated carbocycles. The summed E-state index contributed by atoms with van der Waals surface area (Å²) in [4.78, 5) is 25.8. The largest absolute Gasteiger partial charge is 0.352 e. The molecule has 0 bridgehead atoms. The van der Waals surface area contributed by atoms with Crippen LogP contribution in [0.1, 0.15) is 37.9 Å². The standard InChI is InChI=1S/C15H20N2O2/c1-10(2)16-15(19)14-13-7-5-4-6-12(13)8-9-17(14)11(3)18/h4-7,10,14H,8-9H2,1-3H3,(H,16,19). The van der Waals surface area contributed by atoms with E-state index in [9.17, 15) is 9.59 Å². The van der Waals surface area contributed by atoms with Gasteiger partial charge < -0.3 is 10.2 Å². The van der Waals surface area contributed by atoms with E-state index in [-0.39, 0.29) is 17.9 Å². The Balaban J connectivity index is 2.38. The van der Waals surface area contributed by atoms with E-state index in [2.05, 4.69) is 5.32 Å². The zero-order chi connectivity index (χ0) is 14.0. The van der Waals surface area contributed by atoms with Gasteiger partial charge in [0.1, 0.15) is 6.04 Å². The second-order valence-corrected chi connectivity index (χ2v) is 5.23. The van der Waals surface area contributed by atoms with Crippen molar-refractivity contribution in [3.8, 4) is 0 Å². The van der Waals surface area contributed by atoms with E-state index >= 15 is 0 Å². The van der Waals surface area contributed by atoms with Crippen LogP contribution in [0.3, 0.4) is 0 Å². The average Bonchev–Trinajstić information content (AvgIpc) is 2.36. The molecule has 1 aromatic carbocycles. The molecule has 1 aliphatic heterocycles. The number of hydrogen-bond acceptors (Lipinski definition) is 2. The number of rotatable bonds is 2. The second-order valence-electron chi connectivity index (χ2n) is 5.23. The molecule has 0 fully saturated rings. The molecule has 1 unspecified atom stereocenters. The summed E-state index contributed by atoms with van der Waals surface area (Å²) in [5.41, 5.74) is 2.10. The molecule has 0 radical (unpaired) electrons. The van der Waals surface area contributed by atoms with Crippen LogP contribution >= 0.6 is 0 Å². The van der Waals surface area contributed by atoms with Crippen molar-refractivity contribution in [3.63, 3.8) is 0 Å². The monoisotopic (exact) mass is 260 g/mol. The van der Waals surface area contributed by atoms with Gasteiger partial charge in [-0.1, -0.05) is 24.3 Å². The molecule has 2 rings (SSSR count). The predicted octanol–water partition coefficient (Wildman–Crippen LogP) is 1.66. The van der Waals surface area contributed by atoms with Gasteiger partial charge in [0.05, 0.1) is 0 Å². The van der Waals surface area contributed by atoms with Crippen molar-refractivity contribution < 1.29 is 9.59 Å². The molecule has 1 N–H and O–H groups in total. The molecule has 0 aliphatic carbocycles. The molecule has 2 amide bonds. The van der Waals surface area contributed by atoms with Crippen LogP contribution in [0.5, 0.6) is 0 Å². The van der Waals surface area contributed by atoms with Gasteiger partial charge in [-0.2, -0.15) is 0 Å². The van der Waals surface area contributed by atoms with E-state index in [4.69, 9.17) is 0 Å². The first kappa shape index (κ1) is 13.6. The molecule has 4 heteroatoms. The second kappa shape index (κ2) is 5.43. The maximum absolute atomic E-state index is 12.4. The van der Waals surface area contributed by atoms with Crippen LogP contribution in [0, 0.1) is 0 Å². The molecule has 102 valence electrons. The van der Waals surface area contributed by atoms with Crippen molar-refractivity contribution in [3.05, 3.63) is 35.4 Å². The van der Waals surface area contributed by atoms with Crippen molar-refractivity contribution >= 4 is 11.8 Å². The van der Waals surface area contributed by atoms with Gasteiger partial charge in [-0.25, -0.2) is 0 Å². The van der Waals surface area contributed by atoms with E-state index in [1.165, 1.54) is 6.92 Å². The highest BCUT2D eigenvalue weighted by molar-refractivity contribution is 5.89. The molecule has 19 heavy (non-hydrogen) atoms. The maximum atomic E-state index is 12.4. The summed E-state index contributed by atoms with van der Waals surface area (Å²) in [7, 11) is 0. The number of carbonyl (C=O) groups excluding carboxylic acids is 2. The Kier molecular flexibility index (Phi) is 3.88. The molecular formula is C15H20N2O2. The zero-order valence-corrected chi connectivity index (χ0v) is 11.6. The lowest BCUT2D eigenvalue weighted by molar-refractivity contribution is -0.140. The third kappa shape index (κ3) is 2.78. The minimum atomic E-state index is -0.496. The third-order valence-corrected chi connectivity index (χ3v) is 3.37. The molecule has 0 aromatic heterocycles. The summed E-state index contributed by atoms with van der Waals surface area (Å²) in [6.45, 7) is 5.96. The number of benzene rings is 1. The molecule has 1 aromatic rings. The van der Waals surface area contributed by atoms with Gasteiger partial charge in [-0.3, -0.25) is 9.59 Å². The Morgan fingerprint density at radius 3 is 2.63 bits per heavy atom. The maximum Gasteiger partial charge on any atom is 0.247 e. The van der Waals surface area contributed by atoms with Crippen LogP contribution in [0.2, 0.25) is 0 Å². The normalized spacial score (nSPS) is 18.1. The smallest absolute Gasteiger partial charge is 0.247 e. The summed E-state index contributed by atoms with van der Waals surface area (Å²) >= 11 is 0. The van der Waals surface area contributed by atoms with E-state index < -0.39 is 6.04 Å². The van der Waals surface area contributed by atoms with Crippen molar-refractivity contribution in [1.29, 1.82) is 0 Å². The zero-order valence-electron chi connectivity index (χ0n) is 11.6. The van der Waals surface area contributed by atoms with Gasteiger partial charge in [-0.15, -0.1) is 0 Å². The minimum absolute atomic E-state index is 0.0570. The van der Waals surface area contributed by atoms with Gasteiger partial charge in [0.25, 0.3) is 0 Å². The van der Waals surface area contributed by atoms with Crippen molar-refractivity contribution in [2.24, 2.45) is 0 Å². The fourth-order valence-electron chi connectivity index (χ4n) is 2.55. The van der Waals surface area contributed by atoms with Gasteiger partial charge in [-0.05, 0) is 31.4 Å². The van der Waals surface area contributed by atoms with Crippen molar-refractivity contribution in [2.75, 3.05) is 6.54 Å². The van der Waals surface area contributed by atoms with Crippen LogP contribution in [-0.4, -0.2) is 29.3 Å². The molecule has 0 saturated heterocycles.